The Morgan fingerprint density at radius 3 is 2.18 bits per heavy atom. The third-order valence-corrected chi connectivity index (χ3v) is 10.8. The Morgan fingerprint density at radius 1 is 0.912 bits per heavy atom. The molecule has 0 radical (unpaired) electrons. The molecule has 3 aromatic carbocycles. The molecule has 0 aromatic heterocycles. The summed E-state index contributed by atoms with van der Waals surface area (Å²) in [5.74, 6) is 2.54. The Balaban J connectivity index is 2.09. The standard InChI is InChI=1S/C30H38N3P/c1-8-33(9-2)34(25-15-11-10-12-16-25,31-27-20-19-23(3)21-24(27)4)22-29-30(5,6)26-17-13-14-18-28(26)32(29)7/h10-22H,8-9H2,1-7H3. The van der Waals surface area contributed by atoms with Crippen LogP contribution in [0.25, 0.3) is 0 Å². The summed E-state index contributed by atoms with van der Waals surface area (Å²) < 4.78 is 8.29. The number of rotatable bonds is 6. The van der Waals surface area contributed by atoms with Crippen LogP contribution >= 0.6 is 7.21 Å². The van der Waals surface area contributed by atoms with E-state index in [1.165, 1.54) is 33.4 Å². The minimum atomic E-state index is -2.26. The van der Waals surface area contributed by atoms with Crippen molar-refractivity contribution in [2.24, 2.45) is 4.74 Å². The van der Waals surface area contributed by atoms with Crippen molar-refractivity contribution < 1.29 is 0 Å². The molecule has 1 aliphatic heterocycles. The molecule has 0 amide bonds. The average Bonchev–Trinajstić information content (AvgIpc) is 3.02. The molecule has 0 saturated carbocycles. The van der Waals surface area contributed by atoms with Crippen LogP contribution in [-0.4, -0.2) is 24.8 Å². The molecule has 1 atom stereocenters. The van der Waals surface area contributed by atoms with E-state index in [1.54, 1.807) is 0 Å². The van der Waals surface area contributed by atoms with Crippen molar-refractivity contribution in [3.63, 3.8) is 0 Å². The van der Waals surface area contributed by atoms with E-state index in [0.717, 1.165) is 18.8 Å². The van der Waals surface area contributed by atoms with Crippen LogP contribution in [0.4, 0.5) is 11.4 Å². The maximum absolute atomic E-state index is 5.70. The predicted octanol–water partition coefficient (Wildman–Crippen LogP) is 7.99. The van der Waals surface area contributed by atoms with Crippen LogP contribution < -0.4 is 10.2 Å². The number of para-hydroxylation sites is 1. The third kappa shape index (κ3) is 4.17. The lowest BCUT2D eigenvalue weighted by Crippen LogP contribution is -2.28. The summed E-state index contributed by atoms with van der Waals surface area (Å²) in [6, 6.07) is 26.4. The van der Waals surface area contributed by atoms with Gasteiger partial charge in [0.05, 0.1) is 12.9 Å². The summed E-state index contributed by atoms with van der Waals surface area (Å²) in [7, 11) is -0.0561. The smallest absolute Gasteiger partial charge is 0.0897 e. The Bertz CT molecular complexity index is 1250. The van der Waals surface area contributed by atoms with Gasteiger partial charge >= 0.3 is 0 Å². The molecule has 0 aliphatic carbocycles. The highest BCUT2D eigenvalue weighted by Crippen LogP contribution is 2.60. The Hall–Kier alpha value is -2.61. The van der Waals surface area contributed by atoms with E-state index in [1.807, 2.05) is 0 Å². The van der Waals surface area contributed by atoms with Gasteiger partial charge in [-0.15, -0.1) is 0 Å². The number of aryl methyl sites for hydroxylation is 2. The highest BCUT2D eigenvalue weighted by atomic mass is 31.2. The summed E-state index contributed by atoms with van der Waals surface area (Å²) in [5, 5.41) is 1.30. The zero-order valence-corrected chi connectivity index (χ0v) is 22.6. The van der Waals surface area contributed by atoms with Crippen LogP contribution in [-0.2, 0) is 5.41 Å². The first-order valence-electron chi connectivity index (χ1n) is 12.3. The van der Waals surface area contributed by atoms with Crippen LogP contribution in [0.3, 0.4) is 0 Å². The summed E-state index contributed by atoms with van der Waals surface area (Å²) in [5.41, 5.74) is 7.48. The fourth-order valence-corrected chi connectivity index (χ4v) is 9.06. The third-order valence-electron chi connectivity index (χ3n) is 7.15. The van der Waals surface area contributed by atoms with Gasteiger partial charge in [0, 0.05) is 42.2 Å². The van der Waals surface area contributed by atoms with E-state index < -0.39 is 7.21 Å². The van der Waals surface area contributed by atoms with Crippen molar-refractivity contribution in [1.29, 1.82) is 0 Å². The van der Waals surface area contributed by atoms with Crippen LogP contribution in [0.2, 0.25) is 0 Å². The van der Waals surface area contributed by atoms with Crippen molar-refractivity contribution in [3.05, 3.63) is 101 Å². The molecule has 3 aromatic rings. The van der Waals surface area contributed by atoms with E-state index in [0.29, 0.717) is 0 Å². The molecule has 0 bridgehead atoms. The molecular formula is C30H38N3P. The van der Waals surface area contributed by atoms with E-state index >= 15 is 0 Å². The van der Waals surface area contributed by atoms with Crippen LogP contribution in [0.5, 0.6) is 0 Å². The van der Waals surface area contributed by atoms with Crippen molar-refractivity contribution in [3.8, 4) is 0 Å². The summed E-state index contributed by atoms with van der Waals surface area (Å²) >= 11 is 0. The molecule has 3 nitrogen and oxygen atoms in total. The first kappa shape index (κ1) is 24.5. The number of allylic oxidation sites excluding steroid dienone is 1. The first-order chi connectivity index (χ1) is 16.2. The van der Waals surface area contributed by atoms with Gasteiger partial charge in [0.2, 0.25) is 0 Å². The number of nitrogens with zero attached hydrogens (tertiary/aromatic N) is 3. The molecule has 34 heavy (non-hydrogen) atoms. The second-order valence-electron chi connectivity index (χ2n) is 9.73. The quantitative estimate of drug-likeness (QED) is 0.339. The number of hydrogen-bond acceptors (Lipinski definition) is 2. The van der Waals surface area contributed by atoms with Gasteiger partial charge in [0.1, 0.15) is 0 Å². The number of anilines is 1. The number of hydrogen-bond donors (Lipinski definition) is 0. The van der Waals surface area contributed by atoms with Gasteiger partial charge in [-0.1, -0.05) is 93.9 Å². The number of benzene rings is 3. The number of likely N-dealkylation sites (N-methyl/N-ethyl adjacent to an activating group) is 1. The Kier molecular flexibility index (Phi) is 6.90. The topological polar surface area (TPSA) is 18.8 Å². The lowest BCUT2D eigenvalue weighted by atomic mass is 9.84. The van der Waals surface area contributed by atoms with Crippen molar-refractivity contribution in [1.82, 2.24) is 4.67 Å². The van der Waals surface area contributed by atoms with Crippen molar-refractivity contribution in [2.75, 3.05) is 25.0 Å². The van der Waals surface area contributed by atoms with Gasteiger partial charge in [-0.3, -0.25) is 4.67 Å². The van der Waals surface area contributed by atoms with Gasteiger partial charge < -0.3 is 4.90 Å². The van der Waals surface area contributed by atoms with Crippen LogP contribution in [0, 0.1) is 13.8 Å². The minimum absolute atomic E-state index is 0.101. The zero-order valence-electron chi connectivity index (χ0n) is 21.7. The summed E-state index contributed by atoms with van der Waals surface area (Å²) in [4.78, 5) is 2.38. The number of fused-ring (bicyclic) bond motifs is 1. The molecular weight excluding hydrogens is 433 g/mol. The fourth-order valence-electron chi connectivity index (χ4n) is 5.25. The summed E-state index contributed by atoms with van der Waals surface area (Å²) in [6.07, 6.45) is 0. The van der Waals surface area contributed by atoms with Gasteiger partial charge in [0.15, 0.2) is 0 Å². The molecule has 1 heterocycles. The van der Waals surface area contributed by atoms with E-state index in [2.05, 4.69) is 137 Å². The van der Waals surface area contributed by atoms with Gasteiger partial charge in [-0.25, -0.2) is 4.74 Å². The Morgan fingerprint density at radius 2 is 1.56 bits per heavy atom. The SMILES string of the molecule is CCN(CC)P(C=C1N(C)c2ccccc2C1(C)C)(=Nc1ccc(C)cc1C)c1ccccc1. The van der Waals surface area contributed by atoms with E-state index in [-0.39, 0.29) is 5.41 Å². The predicted molar refractivity (Wildman–Crippen MR) is 150 cm³/mol. The highest BCUT2D eigenvalue weighted by Gasteiger charge is 2.40. The maximum atomic E-state index is 5.70. The average molecular weight is 472 g/mol. The van der Waals surface area contributed by atoms with E-state index in [9.17, 15) is 0 Å². The maximum Gasteiger partial charge on any atom is 0.0897 e. The van der Waals surface area contributed by atoms with Gasteiger partial charge in [-0.05, 0) is 42.9 Å². The molecule has 178 valence electrons. The van der Waals surface area contributed by atoms with Crippen LogP contribution in [0.1, 0.15) is 44.4 Å². The lowest BCUT2D eigenvalue weighted by Gasteiger charge is -2.36. The molecule has 0 fully saturated rings. The molecule has 0 saturated heterocycles. The fraction of sp³-hybridized carbons (Fsp3) is 0.333. The second kappa shape index (κ2) is 9.56. The molecule has 1 aliphatic rings. The molecule has 0 spiro atoms. The van der Waals surface area contributed by atoms with Gasteiger partial charge in [0.25, 0.3) is 0 Å². The largest absolute Gasteiger partial charge is 0.347 e. The summed E-state index contributed by atoms with van der Waals surface area (Å²) in [6.45, 7) is 15.4. The first-order valence-corrected chi connectivity index (χ1v) is 14.1. The zero-order chi connectivity index (χ0) is 24.5. The van der Waals surface area contributed by atoms with Gasteiger partial charge in [-0.2, -0.15) is 0 Å². The molecule has 1 unspecified atom stereocenters. The minimum Gasteiger partial charge on any atom is -0.347 e. The highest BCUT2D eigenvalue weighted by molar-refractivity contribution is 7.74. The van der Waals surface area contributed by atoms with Crippen molar-refractivity contribution in [2.45, 2.75) is 47.0 Å². The van der Waals surface area contributed by atoms with Crippen LogP contribution in [0.15, 0.2) is 89.1 Å². The van der Waals surface area contributed by atoms with Crippen molar-refractivity contribution >= 4 is 23.9 Å². The second-order valence-corrected chi connectivity index (χ2v) is 12.6. The normalized spacial score (nSPS) is 17.6. The lowest BCUT2D eigenvalue weighted by molar-refractivity contribution is 0.508. The monoisotopic (exact) mass is 471 g/mol. The molecule has 4 rings (SSSR count). The van der Waals surface area contributed by atoms with E-state index in [4.69, 9.17) is 4.74 Å². The molecule has 4 heteroatoms. The Labute approximate surface area is 206 Å². The molecule has 0 N–H and O–H groups in total.